The maximum atomic E-state index is 12.6. The van der Waals surface area contributed by atoms with Gasteiger partial charge in [0.1, 0.15) is 6.33 Å². The number of thioether (sulfide) groups is 1. The quantitative estimate of drug-likeness (QED) is 0.533. The van der Waals surface area contributed by atoms with Crippen molar-refractivity contribution in [1.82, 2.24) is 40.0 Å². The molecule has 10 heteroatoms. The molecule has 4 rings (SSSR count). The van der Waals surface area contributed by atoms with Gasteiger partial charge in [0.15, 0.2) is 5.78 Å². The summed E-state index contributed by atoms with van der Waals surface area (Å²) in [5.41, 5.74) is 2.46. The van der Waals surface area contributed by atoms with Crippen molar-refractivity contribution in [3.05, 3.63) is 29.3 Å². The van der Waals surface area contributed by atoms with E-state index in [9.17, 15) is 4.79 Å². The van der Waals surface area contributed by atoms with Gasteiger partial charge < -0.3 is 0 Å². The van der Waals surface area contributed by atoms with E-state index in [1.165, 1.54) is 18.1 Å². The molecule has 0 bridgehead atoms. The lowest BCUT2D eigenvalue weighted by molar-refractivity contribution is 0.102. The smallest absolute Gasteiger partial charge is 0.229 e. The van der Waals surface area contributed by atoms with Crippen LogP contribution in [0.2, 0.25) is 0 Å². The molecule has 3 heterocycles. The van der Waals surface area contributed by atoms with E-state index in [0.29, 0.717) is 28.5 Å². The van der Waals surface area contributed by atoms with E-state index in [1.54, 1.807) is 0 Å². The van der Waals surface area contributed by atoms with Crippen LogP contribution in [0.5, 0.6) is 0 Å². The van der Waals surface area contributed by atoms with E-state index >= 15 is 0 Å². The molecule has 124 valence electrons. The Morgan fingerprint density at radius 2 is 2.25 bits per heavy atom. The number of tetrazole rings is 1. The predicted molar refractivity (Wildman–Crippen MR) is 86.3 cm³/mol. The second kappa shape index (κ2) is 5.86. The van der Waals surface area contributed by atoms with Gasteiger partial charge in [-0.25, -0.2) is 9.78 Å². The molecular formula is C14H16N8OS. The number of Topliss-reactive ketones (excluding diaryl/α,β-unsaturated/α-hetero) is 1. The zero-order valence-electron chi connectivity index (χ0n) is 13.3. The lowest BCUT2D eigenvalue weighted by atomic mass is 10.2. The van der Waals surface area contributed by atoms with Crippen LogP contribution in [-0.4, -0.2) is 51.5 Å². The minimum atomic E-state index is 0.0456. The highest BCUT2D eigenvalue weighted by molar-refractivity contribution is 7.99. The molecule has 1 saturated carbocycles. The third kappa shape index (κ3) is 2.62. The van der Waals surface area contributed by atoms with Gasteiger partial charge in [-0.15, -0.1) is 5.10 Å². The standard InChI is InChI=1S/C14H16N8OS/c1-8-5-11(9(2)21(8)13-15-7-16-17-13)12(23)6-24-14-18-19-20-22(14)10-3-4-10/h5,7,10H,3-4,6H2,1-2H3,(H,15,16,17). The maximum Gasteiger partial charge on any atom is 0.229 e. The molecule has 3 aromatic heterocycles. The van der Waals surface area contributed by atoms with E-state index in [1.807, 2.05) is 29.2 Å². The van der Waals surface area contributed by atoms with Crippen LogP contribution in [0.4, 0.5) is 0 Å². The van der Waals surface area contributed by atoms with Crippen molar-refractivity contribution < 1.29 is 4.79 Å². The summed E-state index contributed by atoms with van der Waals surface area (Å²) in [4.78, 5) is 16.8. The Bertz CT molecular complexity index is 877. The summed E-state index contributed by atoms with van der Waals surface area (Å²) in [6, 6.07) is 2.28. The van der Waals surface area contributed by atoms with E-state index in [-0.39, 0.29) is 5.78 Å². The van der Waals surface area contributed by atoms with Gasteiger partial charge in [-0.2, -0.15) is 10.1 Å². The Balaban J connectivity index is 1.52. The van der Waals surface area contributed by atoms with Crippen LogP contribution in [0, 0.1) is 13.8 Å². The van der Waals surface area contributed by atoms with Crippen molar-refractivity contribution in [2.45, 2.75) is 37.9 Å². The van der Waals surface area contributed by atoms with Crippen LogP contribution in [0.3, 0.4) is 0 Å². The number of rotatable bonds is 6. The molecule has 0 atom stereocenters. The second-order valence-electron chi connectivity index (χ2n) is 5.78. The summed E-state index contributed by atoms with van der Waals surface area (Å²) in [6.07, 6.45) is 3.65. The van der Waals surface area contributed by atoms with Gasteiger partial charge in [-0.3, -0.25) is 9.36 Å². The number of nitrogens with one attached hydrogen (secondary N) is 1. The summed E-state index contributed by atoms with van der Waals surface area (Å²) in [5, 5.41) is 19.1. The zero-order chi connectivity index (χ0) is 16.7. The number of hydrogen-bond donors (Lipinski definition) is 1. The SMILES string of the molecule is Cc1cc(C(=O)CSc2nnnn2C2CC2)c(C)n1-c1ncn[nH]1. The maximum absolute atomic E-state index is 12.6. The molecule has 0 unspecified atom stereocenters. The molecule has 1 aliphatic rings. The fraction of sp³-hybridized carbons (Fsp3) is 0.429. The number of hydrogen-bond acceptors (Lipinski definition) is 7. The molecular weight excluding hydrogens is 328 g/mol. The van der Waals surface area contributed by atoms with E-state index < -0.39 is 0 Å². The van der Waals surface area contributed by atoms with Crippen molar-refractivity contribution in [2.24, 2.45) is 0 Å². The van der Waals surface area contributed by atoms with Crippen LogP contribution in [-0.2, 0) is 0 Å². The van der Waals surface area contributed by atoms with Crippen molar-refractivity contribution in [2.75, 3.05) is 5.75 Å². The number of aromatic nitrogens is 8. The Labute approximate surface area is 141 Å². The lowest BCUT2D eigenvalue weighted by Crippen LogP contribution is -2.07. The monoisotopic (exact) mass is 344 g/mol. The van der Waals surface area contributed by atoms with Crippen molar-refractivity contribution in [1.29, 1.82) is 0 Å². The predicted octanol–water partition coefficient (Wildman–Crippen LogP) is 1.51. The summed E-state index contributed by atoms with van der Waals surface area (Å²) in [5.74, 6) is 0.951. The van der Waals surface area contributed by atoms with Gasteiger partial charge in [0.25, 0.3) is 0 Å². The number of carbonyl (C=O) groups is 1. The van der Waals surface area contributed by atoms with Gasteiger partial charge in [0.2, 0.25) is 11.1 Å². The molecule has 0 radical (unpaired) electrons. The minimum absolute atomic E-state index is 0.0456. The lowest BCUT2D eigenvalue weighted by Gasteiger charge is -2.05. The highest BCUT2D eigenvalue weighted by Gasteiger charge is 2.28. The van der Waals surface area contributed by atoms with Crippen molar-refractivity contribution in [3.63, 3.8) is 0 Å². The normalized spacial score (nSPS) is 14.2. The zero-order valence-corrected chi connectivity index (χ0v) is 14.1. The number of H-pyrrole nitrogens is 1. The largest absolute Gasteiger partial charge is 0.293 e. The van der Waals surface area contributed by atoms with E-state index in [2.05, 4.69) is 30.7 Å². The van der Waals surface area contributed by atoms with Crippen molar-refractivity contribution in [3.8, 4) is 5.95 Å². The molecule has 0 aromatic carbocycles. The Kier molecular flexibility index (Phi) is 3.68. The van der Waals surface area contributed by atoms with Gasteiger partial charge in [0, 0.05) is 17.0 Å². The number of ketones is 1. The molecule has 3 aromatic rings. The molecule has 24 heavy (non-hydrogen) atoms. The highest BCUT2D eigenvalue weighted by Crippen LogP contribution is 2.36. The summed E-state index contributed by atoms with van der Waals surface area (Å²) >= 11 is 1.38. The van der Waals surface area contributed by atoms with E-state index in [4.69, 9.17) is 0 Å². The fourth-order valence-electron chi connectivity index (χ4n) is 2.71. The van der Waals surface area contributed by atoms with Crippen LogP contribution in [0.1, 0.15) is 40.6 Å². The average molecular weight is 344 g/mol. The molecule has 0 spiro atoms. The second-order valence-corrected chi connectivity index (χ2v) is 6.72. The first-order valence-electron chi connectivity index (χ1n) is 7.63. The number of aromatic amines is 1. The molecule has 1 aliphatic carbocycles. The van der Waals surface area contributed by atoms with Crippen LogP contribution >= 0.6 is 11.8 Å². The highest BCUT2D eigenvalue weighted by atomic mass is 32.2. The minimum Gasteiger partial charge on any atom is -0.293 e. The van der Waals surface area contributed by atoms with Crippen molar-refractivity contribution >= 4 is 17.5 Å². The number of aryl methyl sites for hydroxylation is 1. The first kappa shape index (κ1) is 15.1. The van der Waals surface area contributed by atoms with Gasteiger partial charge >= 0.3 is 0 Å². The molecule has 0 aliphatic heterocycles. The molecule has 0 saturated heterocycles. The molecule has 1 N–H and O–H groups in total. The first-order chi connectivity index (χ1) is 11.6. The number of carbonyl (C=O) groups excluding carboxylic acids is 1. The van der Waals surface area contributed by atoms with Crippen LogP contribution < -0.4 is 0 Å². The first-order valence-corrected chi connectivity index (χ1v) is 8.62. The third-order valence-electron chi connectivity index (χ3n) is 4.03. The summed E-state index contributed by atoms with van der Waals surface area (Å²) in [7, 11) is 0. The average Bonchev–Trinajstić information content (AvgIpc) is 2.98. The number of nitrogens with zero attached hydrogens (tertiary/aromatic N) is 7. The van der Waals surface area contributed by atoms with Crippen LogP contribution in [0.15, 0.2) is 17.6 Å². The molecule has 1 fully saturated rings. The topological polar surface area (TPSA) is 107 Å². The van der Waals surface area contributed by atoms with Gasteiger partial charge in [-0.05, 0) is 43.2 Å². The Morgan fingerprint density at radius 1 is 1.42 bits per heavy atom. The van der Waals surface area contributed by atoms with E-state index in [0.717, 1.165) is 24.2 Å². The summed E-state index contributed by atoms with van der Waals surface area (Å²) < 4.78 is 3.70. The van der Waals surface area contributed by atoms with Gasteiger partial charge in [-0.1, -0.05) is 11.8 Å². The Morgan fingerprint density at radius 3 is 2.96 bits per heavy atom. The fourth-order valence-corrected chi connectivity index (χ4v) is 3.54. The molecule has 9 nitrogen and oxygen atoms in total. The molecule has 0 amide bonds. The van der Waals surface area contributed by atoms with Crippen LogP contribution in [0.25, 0.3) is 5.95 Å². The van der Waals surface area contributed by atoms with Gasteiger partial charge in [0.05, 0.1) is 11.8 Å². The third-order valence-corrected chi connectivity index (χ3v) is 4.97. The Hall–Kier alpha value is -2.49. The summed E-state index contributed by atoms with van der Waals surface area (Å²) in [6.45, 7) is 3.84.